The smallest absolute Gasteiger partial charge is 0.263 e. The third-order valence-corrected chi connectivity index (χ3v) is 11.2. The molecule has 0 spiro atoms. The van der Waals surface area contributed by atoms with E-state index in [9.17, 15) is 33.2 Å². The minimum atomic E-state index is -1.04. The number of thioether (sulfide) groups is 1. The van der Waals surface area contributed by atoms with E-state index in [-0.39, 0.29) is 54.0 Å². The standard InChI is InChI=1S/C40H38ClFN8O8S/c1-57-31-20-28-25(37(44-22-43-28)45-23-7-8-27(42)26(41)18-23)19-29(31)46-33(51)6-3-11-48-12-14-49(15-13-48)35(53)21-58-16-17-59-32-5-2-4-24-36(32)40(56)50(39(24)55)30-9-10-34(52)47-38(30)54/h2-8,18-20,22,30H,9-17,21H2,1H3,(H,46,51)(H,43,44,45)(H,47,52,54)/b6-3+. The summed E-state index contributed by atoms with van der Waals surface area (Å²) in [6.45, 7) is 2.77. The number of nitrogens with zero attached hydrogens (tertiary/aromatic N) is 5. The fourth-order valence-corrected chi connectivity index (χ4v) is 8.01. The van der Waals surface area contributed by atoms with Crippen molar-refractivity contribution >= 4 is 86.9 Å². The number of rotatable bonds is 14. The van der Waals surface area contributed by atoms with Crippen molar-refractivity contribution in [1.29, 1.82) is 0 Å². The van der Waals surface area contributed by atoms with Gasteiger partial charge >= 0.3 is 0 Å². The average Bonchev–Trinajstić information content (AvgIpc) is 3.48. The lowest BCUT2D eigenvalue weighted by Crippen LogP contribution is -2.54. The van der Waals surface area contributed by atoms with Crippen LogP contribution in [0.25, 0.3) is 10.9 Å². The molecule has 1 atom stereocenters. The van der Waals surface area contributed by atoms with Crippen molar-refractivity contribution in [3.63, 3.8) is 0 Å². The van der Waals surface area contributed by atoms with Crippen LogP contribution in [0, 0.1) is 5.82 Å². The van der Waals surface area contributed by atoms with Crippen molar-refractivity contribution in [2.75, 3.05) is 69.4 Å². The fraction of sp³-hybridized carbons (Fsp3) is 0.300. The maximum atomic E-state index is 13.7. The highest BCUT2D eigenvalue weighted by molar-refractivity contribution is 7.99. The van der Waals surface area contributed by atoms with E-state index >= 15 is 0 Å². The molecule has 0 aliphatic carbocycles. The highest BCUT2D eigenvalue weighted by Gasteiger charge is 2.45. The molecule has 16 nitrogen and oxygen atoms in total. The SMILES string of the molecule is COc1cc2ncnc(Nc3ccc(F)c(Cl)c3)c2cc1NC(=O)/C=C/CN1CCN(C(=O)COCCSc2cccc3c2C(=O)N(C2CCC(=O)NC2=O)C3=O)CC1. The number of piperazine rings is 1. The second kappa shape index (κ2) is 18.3. The summed E-state index contributed by atoms with van der Waals surface area (Å²) in [7, 11) is 1.48. The first kappa shape index (κ1) is 41.2. The number of nitrogens with one attached hydrogen (secondary N) is 3. The van der Waals surface area contributed by atoms with Crippen LogP contribution in [0.2, 0.25) is 5.02 Å². The molecule has 2 fully saturated rings. The number of imide groups is 2. The second-order valence-electron chi connectivity index (χ2n) is 13.6. The number of aromatic nitrogens is 2. The van der Waals surface area contributed by atoms with Crippen molar-refractivity contribution in [3.8, 4) is 5.75 Å². The number of benzene rings is 3. The molecule has 306 valence electrons. The number of carbonyl (C=O) groups excluding carboxylic acids is 6. The lowest BCUT2D eigenvalue weighted by atomic mass is 10.0. The lowest BCUT2D eigenvalue weighted by Gasteiger charge is -2.34. The van der Waals surface area contributed by atoms with Crippen LogP contribution in [0.1, 0.15) is 33.6 Å². The molecule has 7 rings (SSSR count). The molecule has 3 aliphatic rings. The summed E-state index contributed by atoms with van der Waals surface area (Å²) < 4.78 is 24.8. The number of piperidine rings is 1. The van der Waals surface area contributed by atoms with E-state index in [0.717, 1.165) is 4.90 Å². The molecular weight excluding hydrogens is 807 g/mol. The minimum Gasteiger partial charge on any atom is -0.494 e. The molecular formula is C40H38ClFN8O8S. The van der Waals surface area contributed by atoms with E-state index in [4.69, 9.17) is 21.1 Å². The van der Waals surface area contributed by atoms with Gasteiger partial charge in [-0.3, -0.25) is 43.9 Å². The third-order valence-electron chi connectivity index (χ3n) is 9.90. The molecule has 4 aromatic rings. The fourth-order valence-electron chi connectivity index (χ4n) is 6.89. The monoisotopic (exact) mass is 844 g/mol. The van der Waals surface area contributed by atoms with Gasteiger partial charge in [-0.2, -0.15) is 0 Å². The van der Waals surface area contributed by atoms with Crippen LogP contribution in [-0.4, -0.2) is 125 Å². The first-order chi connectivity index (χ1) is 28.5. The van der Waals surface area contributed by atoms with E-state index in [1.807, 2.05) is 0 Å². The molecule has 0 bridgehead atoms. The normalized spacial score (nSPS) is 17.1. The Kier molecular flexibility index (Phi) is 12.8. The van der Waals surface area contributed by atoms with Gasteiger partial charge in [0.05, 0.1) is 41.1 Å². The highest BCUT2D eigenvalue weighted by Crippen LogP contribution is 2.35. The van der Waals surface area contributed by atoms with Crippen LogP contribution >= 0.6 is 23.4 Å². The summed E-state index contributed by atoms with van der Waals surface area (Å²) in [6, 6.07) is 11.5. The highest BCUT2D eigenvalue weighted by atomic mass is 35.5. The van der Waals surface area contributed by atoms with Gasteiger partial charge in [0.1, 0.15) is 36.4 Å². The molecule has 3 aromatic carbocycles. The van der Waals surface area contributed by atoms with Crippen LogP contribution in [0.4, 0.5) is 21.6 Å². The van der Waals surface area contributed by atoms with Crippen LogP contribution in [-0.2, 0) is 23.9 Å². The van der Waals surface area contributed by atoms with E-state index in [0.29, 0.717) is 77.2 Å². The van der Waals surface area contributed by atoms with Crippen molar-refractivity contribution in [3.05, 3.63) is 89.0 Å². The summed E-state index contributed by atoms with van der Waals surface area (Å²) in [5, 5.41) is 8.69. The largest absolute Gasteiger partial charge is 0.494 e. The van der Waals surface area contributed by atoms with E-state index in [2.05, 4.69) is 30.8 Å². The van der Waals surface area contributed by atoms with Crippen LogP contribution in [0.5, 0.6) is 5.75 Å². The first-order valence-corrected chi connectivity index (χ1v) is 19.9. The number of anilines is 3. The Morgan fingerprint density at radius 3 is 2.63 bits per heavy atom. The maximum Gasteiger partial charge on any atom is 0.263 e. The van der Waals surface area contributed by atoms with Gasteiger partial charge in [-0.05, 0) is 42.8 Å². The van der Waals surface area contributed by atoms with Gasteiger partial charge < -0.3 is 25.0 Å². The number of methoxy groups -OCH3 is 1. The average molecular weight is 845 g/mol. The zero-order valence-electron chi connectivity index (χ0n) is 31.7. The summed E-state index contributed by atoms with van der Waals surface area (Å²) in [5.74, 6) is -2.11. The van der Waals surface area contributed by atoms with Gasteiger partial charge in [0.25, 0.3) is 11.8 Å². The van der Waals surface area contributed by atoms with Gasteiger partial charge in [0, 0.05) is 73.0 Å². The topological polar surface area (TPSA) is 192 Å². The van der Waals surface area contributed by atoms with Crippen LogP contribution in [0.15, 0.2) is 71.9 Å². The number of hydrogen-bond acceptors (Lipinski definition) is 13. The van der Waals surface area contributed by atoms with E-state index in [1.165, 1.54) is 49.5 Å². The quantitative estimate of drug-likeness (QED) is 0.0715. The Hall–Kier alpha value is -5.95. The number of fused-ring (bicyclic) bond motifs is 2. The van der Waals surface area contributed by atoms with Gasteiger partial charge in [-0.25, -0.2) is 14.4 Å². The first-order valence-electron chi connectivity index (χ1n) is 18.6. The Bertz CT molecular complexity index is 2380. The zero-order chi connectivity index (χ0) is 41.6. The van der Waals surface area contributed by atoms with Gasteiger partial charge in [0.15, 0.2) is 0 Å². The number of ether oxygens (including phenoxy) is 2. The number of amides is 6. The summed E-state index contributed by atoms with van der Waals surface area (Å²) in [5.41, 5.74) is 1.89. The Balaban J connectivity index is 0.839. The predicted molar refractivity (Wildman–Crippen MR) is 216 cm³/mol. The number of carbonyl (C=O) groups is 6. The number of hydrogen-bond donors (Lipinski definition) is 3. The number of halogens is 2. The zero-order valence-corrected chi connectivity index (χ0v) is 33.2. The molecule has 2 saturated heterocycles. The molecule has 1 unspecified atom stereocenters. The lowest BCUT2D eigenvalue weighted by molar-refractivity contribution is -0.138. The second-order valence-corrected chi connectivity index (χ2v) is 15.2. The van der Waals surface area contributed by atoms with Gasteiger partial charge in [-0.1, -0.05) is 23.7 Å². The van der Waals surface area contributed by atoms with Crippen molar-refractivity contribution in [2.24, 2.45) is 0 Å². The van der Waals surface area contributed by atoms with Crippen LogP contribution in [0.3, 0.4) is 0 Å². The predicted octanol–water partition coefficient (Wildman–Crippen LogP) is 4.02. The Morgan fingerprint density at radius 1 is 1.05 bits per heavy atom. The van der Waals surface area contributed by atoms with Crippen molar-refractivity contribution in [1.82, 2.24) is 30.0 Å². The molecule has 1 aromatic heterocycles. The molecule has 59 heavy (non-hydrogen) atoms. The van der Waals surface area contributed by atoms with E-state index in [1.54, 1.807) is 41.3 Å². The Labute approximate surface area is 346 Å². The Morgan fingerprint density at radius 2 is 1.86 bits per heavy atom. The molecule has 0 saturated carbocycles. The molecule has 4 heterocycles. The summed E-state index contributed by atoms with van der Waals surface area (Å²) in [4.78, 5) is 90.2. The minimum absolute atomic E-state index is 0.0396. The molecule has 3 N–H and O–H groups in total. The van der Waals surface area contributed by atoms with Gasteiger partial charge in [-0.15, -0.1) is 11.8 Å². The van der Waals surface area contributed by atoms with Crippen molar-refractivity contribution in [2.45, 2.75) is 23.8 Å². The summed E-state index contributed by atoms with van der Waals surface area (Å²) >= 11 is 7.25. The van der Waals surface area contributed by atoms with E-state index < -0.39 is 35.5 Å². The molecule has 6 amide bonds. The third kappa shape index (κ3) is 9.36. The van der Waals surface area contributed by atoms with Crippen LogP contribution < -0.4 is 20.7 Å². The molecule has 0 radical (unpaired) electrons. The van der Waals surface area contributed by atoms with Gasteiger partial charge in [0.2, 0.25) is 23.6 Å². The summed E-state index contributed by atoms with van der Waals surface area (Å²) in [6.07, 6.45) is 4.66. The van der Waals surface area contributed by atoms with Crippen molar-refractivity contribution < 1.29 is 42.6 Å². The molecule has 19 heteroatoms. The maximum absolute atomic E-state index is 13.7. The molecule has 3 aliphatic heterocycles.